The maximum atomic E-state index is 14.5. The number of sulfone groups is 1. The van der Waals surface area contributed by atoms with Crippen LogP contribution in [0.5, 0.6) is 5.75 Å². The van der Waals surface area contributed by atoms with Crippen molar-refractivity contribution in [2.45, 2.75) is 30.4 Å². The monoisotopic (exact) mass is 352 g/mol. The van der Waals surface area contributed by atoms with Crippen molar-refractivity contribution in [1.29, 1.82) is 0 Å². The molecule has 0 saturated heterocycles. The Hall–Kier alpha value is -1.95. The molecule has 0 radical (unpaired) electrons. The molecule has 0 bridgehead atoms. The third-order valence-corrected chi connectivity index (χ3v) is 6.70. The van der Waals surface area contributed by atoms with Gasteiger partial charge in [-0.25, -0.2) is 17.2 Å². The largest absolute Gasteiger partial charge is 0.490 e. The number of fused-ring (bicyclic) bond motifs is 1. The van der Waals surface area contributed by atoms with Gasteiger partial charge in [0.15, 0.2) is 21.4 Å². The van der Waals surface area contributed by atoms with Gasteiger partial charge in [-0.15, -0.1) is 0 Å². The van der Waals surface area contributed by atoms with E-state index in [0.29, 0.717) is 6.42 Å². The van der Waals surface area contributed by atoms with Crippen molar-refractivity contribution in [3.05, 3.63) is 59.2 Å². The predicted octanol–water partition coefficient (Wildman–Crippen LogP) is 4.21. The lowest BCUT2D eigenvalue weighted by Crippen LogP contribution is -2.21. The summed E-state index contributed by atoms with van der Waals surface area (Å²) < 4.78 is 60.2. The highest BCUT2D eigenvalue weighted by Crippen LogP contribution is 2.45. The number of hydrogen-bond acceptors (Lipinski definition) is 3. The third kappa shape index (κ3) is 2.79. The highest BCUT2D eigenvalue weighted by molar-refractivity contribution is 7.91. The number of benzene rings is 2. The van der Waals surface area contributed by atoms with Crippen molar-refractivity contribution < 1.29 is 21.9 Å². The van der Waals surface area contributed by atoms with E-state index in [1.54, 1.807) is 19.1 Å². The Labute approximate surface area is 140 Å². The third-order valence-electron chi connectivity index (χ3n) is 4.40. The lowest BCUT2D eigenvalue weighted by molar-refractivity contribution is 0.286. The molecule has 0 aliphatic carbocycles. The van der Waals surface area contributed by atoms with E-state index >= 15 is 0 Å². The summed E-state index contributed by atoms with van der Waals surface area (Å²) in [5.74, 6) is -2.21. The molecular formula is C18H18F2O3S. The van der Waals surface area contributed by atoms with E-state index in [0.717, 1.165) is 17.7 Å². The van der Waals surface area contributed by atoms with Crippen molar-refractivity contribution in [3.8, 4) is 5.75 Å². The van der Waals surface area contributed by atoms with Gasteiger partial charge in [0.2, 0.25) is 0 Å². The molecule has 1 aliphatic heterocycles. The lowest BCUT2D eigenvalue weighted by atomic mass is 9.97. The van der Waals surface area contributed by atoms with Crippen LogP contribution in [0.15, 0.2) is 41.3 Å². The van der Waals surface area contributed by atoms with Crippen LogP contribution >= 0.6 is 0 Å². The van der Waals surface area contributed by atoms with Crippen LogP contribution in [0.4, 0.5) is 8.78 Å². The number of hydrogen-bond donors (Lipinski definition) is 0. The molecule has 0 aromatic heterocycles. The van der Waals surface area contributed by atoms with Gasteiger partial charge in [-0.05, 0) is 43.5 Å². The number of rotatable bonds is 2. The fraction of sp³-hybridized carbons (Fsp3) is 0.333. The standard InChI is InChI=1S/C18H18F2O3S/c1-11-3-5-13(6-4-11)24(21,22)18-12(2)9-10-23-17-15(20)8-7-14(19)16(17)18/h3-8,12,18H,9-10H2,1-2H3. The Morgan fingerprint density at radius 2 is 1.67 bits per heavy atom. The molecule has 3 nitrogen and oxygen atoms in total. The fourth-order valence-electron chi connectivity index (χ4n) is 3.08. The Morgan fingerprint density at radius 3 is 2.33 bits per heavy atom. The molecule has 24 heavy (non-hydrogen) atoms. The smallest absolute Gasteiger partial charge is 0.185 e. The molecule has 2 aromatic carbocycles. The van der Waals surface area contributed by atoms with Crippen LogP contribution in [0.25, 0.3) is 0 Å². The number of ether oxygens (including phenoxy) is 1. The minimum Gasteiger partial charge on any atom is -0.490 e. The Kier molecular flexibility index (Phi) is 4.34. The van der Waals surface area contributed by atoms with Crippen molar-refractivity contribution in [1.82, 2.24) is 0 Å². The summed E-state index contributed by atoms with van der Waals surface area (Å²) in [7, 11) is -3.89. The average Bonchev–Trinajstić information content (AvgIpc) is 2.71. The van der Waals surface area contributed by atoms with Gasteiger partial charge in [0.05, 0.1) is 17.1 Å². The lowest BCUT2D eigenvalue weighted by Gasteiger charge is -2.23. The average molecular weight is 352 g/mol. The van der Waals surface area contributed by atoms with Gasteiger partial charge in [0, 0.05) is 0 Å². The van der Waals surface area contributed by atoms with Crippen molar-refractivity contribution in [2.24, 2.45) is 5.92 Å². The Bertz CT molecular complexity index is 861. The van der Waals surface area contributed by atoms with Gasteiger partial charge in [0.1, 0.15) is 11.1 Å². The molecule has 0 amide bonds. The SMILES string of the molecule is Cc1ccc(S(=O)(=O)C2c3c(F)ccc(F)c3OCCC2C)cc1. The van der Waals surface area contributed by atoms with E-state index in [4.69, 9.17) is 4.74 Å². The van der Waals surface area contributed by atoms with Crippen LogP contribution in [0.2, 0.25) is 0 Å². The molecule has 2 aromatic rings. The minimum absolute atomic E-state index is 0.0986. The molecule has 1 aliphatic rings. The topological polar surface area (TPSA) is 43.4 Å². The molecule has 3 rings (SSSR count). The molecule has 1 heterocycles. The first kappa shape index (κ1) is 16.9. The molecule has 2 atom stereocenters. The molecule has 128 valence electrons. The van der Waals surface area contributed by atoms with E-state index in [2.05, 4.69) is 0 Å². The maximum Gasteiger partial charge on any atom is 0.185 e. The van der Waals surface area contributed by atoms with Gasteiger partial charge in [-0.2, -0.15) is 0 Å². The van der Waals surface area contributed by atoms with Crippen molar-refractivity contribution in [2.75, 3.05) is 6.61 Å². The van der Waals surface area contributed by atoms with Gasteiger partial charge in [-0.3, -0.25) is 0 Å². The van der Waals surface area contributed by atoms with Crippen LogP contribution in [0, 0.1) is 24.5 Å². The quantitative estimate of drug-likeness (QED) is 0.813. The molecular weight excluding hydrogens is 334 g/mol. The van der Waals surface area contributed by atoms with E-state index in [9.17, 15) is 17.2 Å². The minimum atomic E-state index is -3.89. The normalized spacial score (nSPS) is 20.8. The van der Waals surface area contributed by atoms with Crippen LogP contribution in [0.3, 0.4) is 0 Å². The highest BCUT2D eigenvalue weighted by Gasteiger charge is 2.40. The second-order valence-corrected chi connectivity index (χ2v) is 8.23. The van der Waals surface area contributed by atoms with Crippen LogP contribution in [-0.2, 0) is 9.84 Å². The zero-order valence-corrected chi connectivity index (χ0v) is 14.2. The van der Waals surface area contributed by atoms with E-state index in [-0.39, 0.29) is 22.8 Å². The number of aryl methyl sites for hydroxylation is 1. The molecule has 0 N–H and O–H groups in total. The maximum absolute atomic E-state index is 14.5. The van der Waals surface area contributed by atoms with Gasteiger partial charge in [0.25, 0.3) is 0 Å². The van der Waals surface area contributed by atoms with Crippen LogP contribution in [-0.4, -0.2) is 15.0 Å². The molecule has 0 saturated carbocycles. The van der Waals surface area contributed by atoms with Crippen LogP contribution < -0.4 is 4.74 Å². The molecule has 6 heteroatoms. The first-order chi connectivity index (χ1) is 11.3. The molecule has 2 unspecified atom stereocenters. The van der Waals surface area contributed by atoms with Crippen molar-refractivity contribution in [3.63, 3.8) is 0 Å². The van der Waals surface area contributed by atoms with E-state index < -0.39 is 32.6 Å². The first-order valence-electron chi connectivity index (χ1n) is 7.73. The molecule has 0 fully saturated rings. The zero-order chi connectivity index (χ0) is 17.5. The van der Waals surface area contributed by atoms with Gasteiger partial charge >= 0.3 is 0 Å². The van der Waals surface area contributed by atoms with Gasteiger partial charge < -0.3 is 4.74 Å². The summed E-state index contributed by atoms with van der Waals surface area (Å²) in [6, 6.07) is 8.29. The predicted molar refractivity (Wildman–Crippen MR) is 86.7 cm³/mol. The Morgan fingerprint density at radius 1 is 1.04 bits per heavy atom. The summed E-state index contributed by atoms with van der Waals surface area (Å²) >= 11 is 0. The summed E-state index contributed by atoms with van der Waals surface area (Å²) in [4.78, 5) is 0.0986. The van der Waals surface area contributed by atoms with E-state index in [1.807, 2.05) is 6.92 Å². The summed E-state index contributed by atoms with van der Waals surface area (Å²) in [5.41, 5.74) is 0.712. The van der Waals surface area contributed by atoms with E-state index in [1.165, 1.54) is 12.1 Å². The summed E-state index contributed by atoms with van der Waals surface area (Å²) in [5, 5.41) is -1.19. The fourth-order valence-corrected chi connectivity index (χ4v) is 5.17. The second-order valence-electron chi connectivity index (χ2n) is 6.17. The Balaban J connectivity index is 2.23. The number of halogens is 2. The van der Waals surface area contributed by atoms with Gasteiger partial charge in [-0.1, -0.05) is 24.6 Å². The summed E-state index contributed by atoms with van der Waals surface area (Å²) in [6.45, 7) is 3.72. The second kappa shape index (κ2) is 6.16. The highest BCUT2D eigenvalue weighted by atomic mass is 32.2. The molecule has 0 spiro atoms. The van der Waals surface area contributed by atoms with Crippen LogP contribution in [0.1, 0.15) is 29.7 Å². The van der Waals surface area contributed by atoms with Crippen molar-refractivity contribution >= 4 is 9.84 Å². The first-order valence-corrected chi connectivity index (χ1v) is 9.28. The zero-order valence-electron chi connectivity index (χ0n) is 13.4. The summed E-state index contributed by atoms with van der Waals surface area (Å²) in [6.07, 6.45) is 0.392.